The smallest absolute Gasteiger partial charge is 0.137 e. The first-order valence-corrected chi connectivity index (χ1v) is 8.56. The SMILES string of the molecule is CCNc1nc(C2CC2)nc(N2CCCC(C)CC2)c1C. The quantitative estimate of drug-likeness (QED) is 0.916. The van der Waals surface area contributed by atoms with Gasteiger partial charge in [0.05, 0.1) is 0 Å². The van der Waals surface area contributed by atoms with Crippen LogP contribution in [0.5, 0.6) is 0 Å². The minimum atomic E-state index is 0.604. The van der Waals surface area contributed by atoms with Gasteiger partial charge in [0.2, 0.25) is 0 Å². The average Bonchev–Trinajstić information content (AvgIpc) is 3.29. The third kappa shape index (κ3) is 3.30. The van der Waals surface area contributed by atoms with E-state index in [0.29, 0.717) is 5.92 Å². The van der Waals surface area contributed by atoms with Crippen LogP contribution in [0.1, 0.15) is 63.3 Å². The van der Waals surface area contributed by atoms with Gasteiger partial charge in [-0.1, -0.05) is 6.92 Å². The van der Waals surface area contributed by atoms with Gasteiger partial charge in [0.25, 0.3) is 0 Å². The van der Waals surface area contributed by atoms with Crippen molar-refractivity contribution in [3.63, 3.8) is 0 Å². The molecular formula is C17H28N4. The zero-order chi connectivity index (χ0) is 14.8. The number of nitrogens with one attached hydrogen (secondary N) is 1. The van der Waals surface area contributed by atoms with Gasteiger partial charge in [-0.15, -0.1) is 0 Å². The molecule has 0 amide bonds. The Bertz CT molecular complexity index is 496. The van der Waals surface area contributed by atoms with Gasteiger partial charge < -0.3 is 10.2 Å². The first-order valence-electron chi connectivity index (χ1n) is 8.56. The molecule has 1 aromatic heterocycles. The Balaban J connectivity index is 1.91. The van der Waals surface area contributed by atoms with Crippen LogP contribution in [0.3, 0.4) is 0 Å². The fraction of sp³-hybridized carbons (Fsp3) is 0.765. The number of anilines is 2. The van der Waals surface area contributed by atoms with Crippen LogP contribution in [-0.2, 0) is 0 Å². The summed E-state index contributed by atoms with van der Waals surface area (Å²) >= 11 is 0. The third-order valence-electron chi connectivity index (χ3n) is 4.74. The summed E-state index contributed by atoms with van der Waals surface area (Å²) in [6.45, 7) is 9.85. The molecule has 1 N–H and O–H groups in total. The monoisotopic (exact) mass is 288 g/mol. The Hall–Kier alpha value is -1.32. The number of rotatable bonds is 4. The van der Waals surface area contributed by atoms with Crippen LogP contribution < -0.4 is 10.2 Å². The normalized spacial score (nSPS) is 23.0. The van der Waals surface area contributed by atoms with Crippen LogP contribution in [0, 0.1) is 12.8 Å². The maximum atomic E-state index is 4.94. The van der Waals surface area contributed by atoms with E-state index in [1.54, 1.807) is 0 Å². The van der Waals surface area contributed by atoms with E-state index in [4.69, 9.17) is 9.97 Å². The summed E-state index contributed by atoms with van der Waals surface area (Å²) in [5.74, 6) is 4.73. The second-order valence-corrected chi connectivity index (χ2v) is 6.71. The van der Waals surface area contributed by atoms with Crippen molar-refractivity contribution in [2.24, 2.45) is 5.92 Å². The Kier molecular flexibility index (Phi) is 4.32. The molecule has 1 saturated heterocycles. The fourth-order valence-electron chi connectivity index (χ4n) is 3.17. The highest BCUT2D eigenvalue weighted by atomic mass is 15.2. The van der Waals surface area contributed by atoms with E-state index in [-0.39, 0.29) is 0 Å². The van der Waals surface area contributed by atoms with E-state index in [1.807, 2.05) is 0 Å². The van der Waals surface area contributed by atoms with Crippen LogP contribution in [-0.4, -0.2) is 29.6 Å². The van der Waals surface area contributed by atoms with Gasteiger partial charge in [-0.05, 0) is 51.9 Å². The molecule has 3 rings (SSSR count). The van der Waals surface area contributed by atoms with Crippen LogP contribution in [0.25, 0.3) is 0 Å². The van der Waals surface area contributed by atoms with Crippen molar-refractivity contribution < 1.29 is 0 Å². The van der Waals surface area contributed by atoms with Crippen molar-refractivity contribution in [2.45, 2.75) is 58.8 Å². The molecule has 4 heteroatoms. The lowest BCUT2D eigenvalue weighted by Crippen LogP contribution is -2.27. The fourth-order valence-corrected chi connectivity index (χ4v) is 3.17. The van der Waals surface area contributed by atoms with Gasteiger partial charge in [-0.25, -0.2) is 9.97 Å². The highest BCUT2D eigenvalue weighted by Crippen LogP contribution is 2.40. The van der Waals surface area contributed by atoms with Crippen molar-refractivity contribution in [2.75, 3.05) is 29.9 Å². The van der Waals surface area contributed by atoms with E-state index < -0.39 is 0 Å². The maximum Gasteiger partial charge on any atom is 0.137 e. The van der Waals surface area contributed by atoms with E-state index in [9.17, 15) is 0 Å². The summed E-state index contributed by atoms with van der Waals surface area (Å²) < 4.78 is 0. The Labute approximate surface area is 128 Å². The van der Waals surface area contributed by atoms with Crippen LogP contribution in [0.2, 0.25) is 0 Å². The molecule has 1 atom stereocenters. The molecule has 0 bridgehead atoms. The molecular weight excluding hydrogens is 260 g/mol. The summed E-state index contributed by atoms with van der Waals surface area (Å²) in [5, 5.41) is 3.42. The molecule has 1 aliphatic carbocycles. The van der Waals surface area contributed by atoms with Gasteiger partial charge >= 0.3 is 0 Å². The summed E-state index contributed by atoms with van der Waals surface area (Å²) in [5.41, 5.74) is 1.22. The van der Waals surface area contributed by atoms with E-state index >= 15 is 0 Å². The summed E-state index contributed by atoms with van der Waals surface area (Å²) in [6.07, 6.45) is 6.41. The van der Waals surface area contributed by atoms with Crippen molar-refractivity contribution in [3.8, 4) is 0 Å². The average molecular weight is 288 g/mol. The molecule has 2 fully saturated rings. The minimum absolute atomic E-state index is 0.604. The molecule has 21 heavy (non-hydrogen) atoms. The molecule has 1 unspecified atom stereocenters. The Morgan fingerprint density at radius 1 is 1.14 bits per heavy atom. The van der Waals surface area contributed by atoms with Crippen molar-refractivity contribution in [3.05, 3.63) is 11.4 Å². The summed E-state index contributed by atoms with van der Waals surface area (Å²) in [7, 11) is 0. The Morgan fingerprint density at radius 2 is 1.95 bits per heavy atom. The predicted molar refractivity (Wildman–Crippen MR) is 88.1 cm³/mol. The van der Waals surface area contributed by atoms with Gasteiger partial charge in [0, 0.05) is 31.1 Å². The zero-order valence-electron chi connectivity index (χ0n) is 13.7. The number of hydrogen-bond acceptors (Lipinski definition) is 4. The van der Waals surface area contributed by atoms with Crippen LogP contribution in [0.15, 0.2) is 0 Å². The van der Waals surface area contributed by atoms with E-state index in [1.165, 1.54) is 43.5 Å². The second-order valence-electron chi connectivity index (χ2n) is 6.71. The largest absolute Gasteiger partial charge is 0.370 e. The molecule has 0 radical (unpaired) electrons. The van der Waals surface area contributed by atoms with Crippen molar-refractivity contribution in [1.29, 1.82) is 0 Å². The van der Waals surface area contributed by atoms with Gasteiger partial charge in [0.1, 0.15) is 17.5 Å². The van der Waals surface area contributed by atoms with Crippen LogP contribution >= 0.6 is 0 Å². The van der Waals surface area contributed by atoms with E-state index in [2.05, 4.69) is 31.0 Å². The lowest BCUT2D eigenvalue weighted by Gasteiger charge is -2.25. The molecule has 0 aromatic carbocycles. The first kappa shape index (κ1) is 14.6. The lowest BCUT2D eigenvalue weighted by molar-refractivity contribution is 0.521. The molecule has 1 saturated carbocycles. The summed E-state index contributed by atoms with van der Waals surface area (Å²) in [4.78, 5) is 12.2. The number of hydrogen-bond donors (Lipinski definition) is 1. The standard InChI is InChI=1S/C17H28N4/c1-4-18-15-13(3)17(20-16(19-15)14-7-8-14)21-10-5-6-12(2)9-11-21/h12,14H,4-11H2,1-3H3,(H,18,19,20). The minimum Gasteiger partial charge on any atom is -0.370 e. The van der Waals surface area contributed by atoms with Gasteiger partial charge in [-0.3, -0.25) is 0 Å². The van der Waals surface area contributed by atoms with E-state index in [0.717, 1.165) is 37.2 Å². The topological polar surface area (TPSA) is 41.1 Å². The Morgan fingerprint density at radius 3 is 2.67 bits per heavy atom. The lowest BCUT2D eigenvalue weighted by atomic mass is 10.0. The number of aromatic nitrogens is 2. The molecule has 2 heterocycles. The maximum absolute atomic E-state index is 4.94. The molecule has 4 nitrogen and oxygen atoms in total. The van der Waals surface area contributed by atoms with Crippen molar-refractivity contribution in [1.82, 2.24) is 9.97 Å². The second kappa shape index (κ2) is 6.20. The van der Waals surface area contributed by atoms with Crippen molar-refractivity contribution >= 4 is 11.6 Å². The molecule has 1 aliphatic heterocycles. The highest BCUT2D eigenvalue weighted by molar-refractivity contribution is 5.59. The highest BCUT2D eigenvalue weighted by Gasteiger charge is 2.29. The molecule has 0 spiro atoms. The van der Waals surface area contributed by atoms with Gasteiger partial charge in [-0.2, -0.15) is 0 Å². The molecule has 116 valence electrons. The van der Waals surface area contributed by atoms with Gasteiger partial charge in [0.15, 0.2) is 0 Å². The van der Waals surface area contributed by atoms with Crippen LogP contribution in [0.4, 0.5) is 11.6 Å². The third-order valence-corrected chi connectivity index (χ3v) is 4.74. The number of nitrogens with zero attached hydrogens (tertiary/aromatic N) is 3. The molecule has 2 aliphatic rings. The molecule has 1 aromatic rings. The first-order chi connectivity index (χ1) is 10.2. The predicted octanol–water partition coefficient (Wildman–Crippen LogP) is 3.72. The zero-order valence-corrected chi connectivity index (χ0v) is 13.7. The summed E-state index contributed by atoms with van der Waals surface area (Å²) in [6, 6.07) is 0.